The van der Waals surface area contributed by atoms with E-state index in [4.69, 9.17) is 4.74 Å². The molecule has 0 fully saturated rings. The van der Waals surface area contributed by atoms with Crippen LogP contribution in [-0.2, 0) is 4.74 Å². The van der Waals surface area contributed by atoms with Crippen LogP contribution in [0.25, 0.3) is 0 Å². The molecule has 0 radical (unpaired) electrons. The molecule has 0 aliphatic rings. The fourth-order valence-electron chi connectivity index (χ4n) is 1.22. The Morgan fingerprint density at radius 1 is 1.47 bits per heavy atom. The van der Waals surface area contributed by atoms with E-state index in [-0.39, 0.29) is 0 Å². The predicted molar refractivity (Wildman–Crippen MR) is 61.5 cm³/mol. The lowest BCUT2D eigenvalue weighted by Gasteiger charge is -2.18. The average Bonchev–Trinajstić information content (AvgIpc) is 2.24. The molecule has 1 aromatic heterocycles. The number of hydrogen-bond acceptors (Lipinski definition) is 5. The molecule has 5 nitrogen and oxygen atoms in total. The smallest absolute Gasteiger partial charge is 0.134 e. The molecule has 0 saturated heterocycles. The Balaban J connectivity index is 2.78. The van der Waals surface area contributed by atoms with Crippen LogP contribution in [0.3, 0.4) is 0 Å². The van der Waals surface area contributed by atoms with Gasteiger partial charge in [0, 0.05) is 33.8 Å². The summed E-state index contributed by atoms with van der Waals surface area (Å²) >= 11 is 0. The molecule has 0 unspecified atom stereocenters. The van der Waals surface area contributed by atoms with Gasteiger partial charge in [-0.05, 0) is 6.92 Å². The van der Waals surface area contributed by atoms with Gasteiger partial charge in [0.15, 0.2) is 0 Å². The summed E-state index contributed by atoms with van der Waals surface area (Å²) in [6.07, 6.45) is 0. The molecule has 84 valence electrons. The first-order valence-corrected chi connectivity index (χ1v) is 4.91. The van der Waals surface area contributed by atoms with Crippen LogP contribution in [0, 0.1) is 6.92 Å². The molecule has 1 aromatic rings. The minimum Gasteiger partial charge on any atom is -0.383 e. The summed E-state index contributed by atoms with van der Waals surface area (Å²) in [5.74, 6) is 2.51. The molecule has 0 bridgehead atoms. The third kappa shape index (κ3) is 3.36. The number of nitrogens with zero attached hydrogens (tertiary/aromatic N) is 3. The van der Waals surface area contributed by atoms with Gasteiger partial charge in [0.25, 0.3) is 0 Å². The molecule has 1 rings (SSSR count). The minimum atomic E-state index is 0.689. The lowest BCUT2D eigenvalue weighted by molar-refractivity contribution is 0.206. The SMILES string of the molecule is CNc1cc(N(C)CCOC)nc(C)n1. The summed E-state index contributed by atoms with van der Waals surface area (Å²) < 4.78 is 5.02. The molecule has 0 atom stereocenters. The predicted octanol–water partition coefficient (Wildman–Crippen LogP) is 0.909. The Morgan fingerprint density at radius 3 is 2.80 bits per heavy atom. The maximum Gasteiger partial charge on any atom is 0.134 e. The van der Waals surface area contributed by atoms with Gasteiger partial charge in [-0.15, -0.1) is 0 Å². The van der Waals surface area contributed by atoms with E-state index in [1.807, 2.05) is 32.0 Å². The maximum absolute atomic E-state index is 5.02. The van der Waals surface area contributed by atoms with E-state index in [0.29, 0.717) is 6.61 Å². The minimum absolute atomic E-state index is 0.689. The van der Waals surface area contributed by atoms with Crippen LogP contribution in [0.2, 0.25) is 0 Å². The highest BCUT2D eigenvalue weighted by atomic mass is 16.5. The summed E-state index contributed by atoms with van der Waals surface area (Å²) in [5, 5.41) is 3.01. The van der Waals surface area contributed by atoms with Crippen molar-refractivity contribution in [3.63, 3.8) is 0 Å². The van der Waals surface area contributed by atoms with Gasteiger partial charge < -0.3 is 15.0 Å². The van der Waals surface area contributed by atoms with Crippen molar-refractivity contribution in [2.45, 2.75) is 6.92 Å². The quantitative estimate of drug-likeness (QED) is 0.782. The van der Waals surface area contributed by atoms with Crippen molar-refractivity contribution < 1.29 is 4.74 Å². The highest BCUT2D eigenvalue weighted by Gasteiger charge is 2.05. The van der Waals surface area contributed by atoms with E-state index < -0.39 is 0 Å². The average molecular weight is 210 g/mol. The van der Waals surface area contributed by atoms with Crippen LogP contribution in [0.4, 0.5) is 11.6 Å². The summed E-state index contributed by atoms with van der Waals surface area (Å²) in [6.45, 7) is 3.39. The summed E-state index contributed by atoms with van der Waals surface area (Å²) in [5.41, 5.74) is 0. The van der Waals surface area contributed by atoms with Crippen LogP contribution in [0.5, 0.6) is 0 Å². The van der Waals surface area contributed by atoms with Gasteiger partial charge in [-0.3, -0.25) is 0 Å². The Morgan fingerprint density at radius 2 is 2.20 bits per heavy atom. The monoisotopic (exact) mass is 210 g/mol. The highest BCUT2D eigenvalue weighted by molar-refractivity contribution is 5.48. The molecule has 1 N–H and O–H groups in total. The van der Waals surface area contributed by atoms with E-state index in [1.165, 1.54) is 0 Å². The van der Waals surface area contributed by atoms with Crippen molar-refractivity contribution in [2.24, 2.45) is 0 Å². The molecule has 0 aromatic carbocycles. The maximum atomic E-state index is 5.02. The van der Waals surface area contributed by atoms with Crippen LogP contribution in [0.15, 0.2) is 6.07 Å². The molecule has 0 aliphatic carbocycles. The Labute approximate surface area is 90.5 Å². The number of ether oxygens (including phenoxy) is 1. The van der Waals surface area contributed by atoms with Gasteiger partial charge in [0.1, 0.15) is 17.5 Å². The highest BCUT2D eigenvalue weighted by Crippen LogP contribution is 2.13. The topological polar surface area (TPSA) is 50.3 Å². The zero-order valence-corrected chi connectivity index (χ0v) is 9.74. The normalized spacial score (nSPS) is 10.1. The molecule has 1 heterocycles. The van der Waals surface area contributed by atoms with E-state index in [2.05, 4.69) is 15.3 Å². The fraction of sp³-hybridized carbons (Fsp3) is 0.600. The first kappa shape index (κ1) is 11.7. The number of aryl methyl sites for hydroxylation is 1. The van der Waals surface area contributed by atoms with Gasteiger partial charge in [-0.1, -0.05) is 0 Å². The summed E-state index contributed by atoms with van der Waals surface area (Å²) in [4.78, 5) is 10.6. The lowest BCUT2D eigenvalue weighted by atomic mass is 10.4. The van der Waals surface area contributed by atoms with Crippen molar-refractivity contribution >= 4 is 11.6 Å². The summed E-state index contributed by atoms with van der Waals surface area (Å²) in [6, 6.07) is 1.92. The van der Waals surface area contributed by atoms with E-state index in [9.17, 15) is 0 Å². The zero-order chi connectivity index (χ0) is 11.3. The Hall–Kier alpha value is -1.36. The number of hydrogen-bond donors (Lipinski definition) is 1. The van der Waals surface area contributed by atoms with E-state index in [0.717, 1.165) is 24.0 Å². The molecule has 15 heavy (non-hydrogen) atoms. The molecule has 0 amide bonds. The standard InChI is InChI=1S/C10H18N4O/c1-8-12-9(11-2)7-10(13-8)14(3)5-6-15-4/h7H,5-6H2,1-4H3,(H,11,12,13). The molecular formula is C10H18N4O. The second kappa shape index (κ2) is 5.50. The molecular weight excluding hydrogens is 192 g/mol. The number of rotatable bonds is 5. The van der Waals surface area contributed by atoms with Crippen molar-refractivity contribution in [3.05, 3.63) is 11.9 Å². The molecule has 0 aliphatic heterocycles. The van der Waals surface area contributed by atoms with Gasteiger partial charge in [0.05, 0.1) is 6.61 Å². The molecule has 5 heteroatoms. The van der Waals surface area contributed by atoms with Gasteiger partial charge in [-0.2, -0.15) is 0 Å². The van der Waals surface area contributed by atoms with Crippen molar-refractivity contribution in [1.82, 2.24) is 9.97 Å². The number of nitrogens with one attached hydrogen (secondary N) is 1. The first-order valence-electron chi connectivity index (χ1n) is 4.91. The number of anilines is 2. The largest absolute Gasteiger partial charge is 0.383 e. The second-order valence-electron chi connectivity index (χ2n) is 3.32. The summed E-state index contributed by atoms with van der Waals surface area (Å²) in [7, 11) is 5.53. The Bertz CT molecular complexity index is 316. The molecule has 0 spiro atoms. The van der Waals surface area contributed by atoms with E-state index >= 15 is 0 Å². The van der Waals surface area contributed by atoms with Crippen LogP contribution in [0.1, 0.15) is 5.82 Å². The van der Waals surface area contributed by atoms with Crippen LogP contribution >= 0.6 is 0 Å². The zero-order valence-electron chi connectivity index (χ0n) is 9.74. The van der Waals surface area contributed by atoms with Crippen molar-refractivity contribution in [1.29, 1.82) is 0 Å². The van der Waals surface area contributed by atoms with Gasteiger partial charge in [0.2, 0.25) is 0 Å². The van der Waals surface area contributed by atoms with Crippen molar-refractivity contribution in [3.8, 4) is 0 Å². The number of aromatic nitrogens is 2. The third-order valence-corrected chi connectivity index (χ3v) is 2.10. The number of methoxy groups -OCH3 is 1. The first-order chi connectivity index (χ1) is 7.17. The number of likely N-dealkylation sites (N-methyl/N-ethyl adjacent to an activating group) is 1. The van der Waals surface area contributed by atoms with Crippen molar-refractivity contribution in [2.75, 3.05) is 44.6 Å². The second-order valence-corrected chi connectivity index (χ2v) is 3.32. The van der Waals surface area contributed by atoms with Crippen LogP contribution < -0.4 is 10.2 Å². The van der Waals surface area contributed by atoms with Crippen LogP contribution in [-0.4, -0.2) is 44.3 Å². The Kier molecular flexibility index (Phi) is 4.30. The van der Waals surface area contributed by atoms with Gasteiger partial charge in [-0.25, -0.2) is 9.97 Å². The van der Waals surface area contributed by atoms with E-state index in [1.54, 1.807) is 7.11 Å². The third-order valence-electron chi connectivity index (χ3n) is 2.10. The molecule has 0 saturated carbocycles. The fourth-order valence-corrected chi connectivity index (χ4v) is 1.22. The van der Waals surface area contributed by atoms with Gasteiger partial charge >= 0.3 is 0 Å². The lowest BCUT2D eigenvalue weighted by Crippen LogP contribution is -2.23.